The number of carboxylic acids is 1. The number of nitrogens with zero attached hydrogens (tertiary/aromatic N) is 1. The number of carbonyl (C=O) groups is 3. The number of amides is 3. The number of nitrogens with one attached hydrogen (secondary N) is 2. The van der Waals surface area contributed by atoms with Crippen molar-refractivity contribution < 1.29 is 24.2 Å². The molecule has 21 heavy (non-hydrogen) atoms. The first-order valence-electron chi connectivity index (χ1n) is 7.07. The SMILES string of the molecule is COC(=O)NC1CCN(C(=O)NC2(CC(=O)O)CCC2)C1. The summed E-state index contributed by atoms with van der Waals surface area (Å²) in [6.45, 7) is 0.938. The molecule has 2 rings (SSSR count). The fourth-order valence-electron chi connectivity index (χ4n) is 2.83. The summed E-state index contributed by atoms with van der Waals surface area (Å²) < 4.78 is 4.52. The monoisotopic (exact) mass is 299 g/mol. The molecule has 118 valence electrons. The van der Waals surface area contributed by atoms with Crippen LogP contribution in [-0.2, 0) is 9.53 Å². The molecule has 1 saturated carbocycles. The van der Waals surface area contributed by atoms with Gasteiger partial charge in [-0.25, -0.2) is 9.59 Å². The number of hydrogen-bond donors (Lipinski definition) is 3. The van der Waals surface area contributed by atoms with Crippen LogP contribution < -0.4 is 10.6 Å². The van der Waals surface area contributed by atoms with Gasteiger partial charge in [0.1, 0.15) is 0 Å². The number of urea groups is 1. The Balaban J connectivity index is 1.84. The van der Waals surface area contributed by atoms with Crippen molar-refractivity contribution in [2.45, 2.75) is 43.7 Å². The van der Waals surface area contributed by atoms with E-state index in [9.17, 15) is 14.4 Å². The molecule has 0 aromatic heterocycles. The largest absolute Gasteiger partial charge is 0.481 e. The number of ether oxygens (including phenoxy) is 1. The van der Waals surface area contributed by atoms with Crippen molar-refractivity contribution in [3.05, 3.63) is 0 Å². The van der Waals surface area contributed by atoms with Crippen molar-refractivity contribution in [3.63, 3.8) is 0 Å². The summed E-state index contributed by atoms with van der Waals surface area (Å²) >= 11 is 0. The lowest BCUT2D eigenvalue weighted by Gasteiger charge is -2.42. The average Bonchev–Trinajstić information content (AvgIpc) is 2.83. The molecule has 3 amide bonds. The first kappa shape index (κ1) is 15.4. The number of carboxylic acid groups (broad SMARTS) is 1. The van der Waals surface area contributed by atoms with E-state index in [-0.39, 0.29) is 18.5 Å². The maximum atomic E-state index is 12.2. The van der Waals surface area contributed by atoms with E-state index in [0.29, 0.717) is 32.4 Å². The molecule has 0 aromatic carbocycles. The minimum absolute atomic E-state index is 0.0452. The smallest absolute Gasteiger partial charge is 0.407 e. The van der Waals surface area contributed by atoms with Crippen LogP contribution in [0.1, 0.15) is 32.1 Å². The first-order valence-corrected chi connectivity index (χ1v) is 7.07. The minimum Gasteiger partial charge on any atom is -0.481 e. The lowest BCUT2D eigenvalue weighted by atomic mass is 9.74. The van der Waals surface area contributed by atoms with Gasteiger partial charge in [0.15, 0.2) is 0 Å². The van der Waals surface area contributed by atoms with Crippen molar-refractivity contribution in [3.8, 4) is 0 Å². The van der Waals surface area contributed by atoms with Gasteiger partial charge >= 0.3 is 18.1 Å². The summed E-state index contributed by atoms with van der Waals surface area (Å²) in [5.41, 5.74) is -0.600. The number of rotatable bonds is 4. The fraction of sp³-hybridized carbons (Fsp3) is 0.769. The van der Waals surface area contributed by atoms with E-state index < -0.39 is 17.6 Å². The van der Waals surface area contributed by atoms with Gasteiger partial charge < -0.3 is 25.4 Å². The van der Waals surface area contributed by atoms with E-state index in [1.165, 1.54) is 7.11 Å². The van der Waals surface area contributed by atoms with E-state index in [0.717, 1.165) is 6.42 Å². The zero-order valence-corrected chi connectivity index (χ0v) is 12.1. The maximum absolute atomic E-state index is 12.2. The Bertz CT molecular complexity index is 436. The number of likely N-dealkylation sites (tertiary alicyclic amines) is 1. The molecule has 0 bridgehead atoms. The topological polar surface area (TPSA) is 108 Å². The van der Waals surface area contributed by atoms with E-state index in [2.05, 4.69) is 15.4 Å². The van der Waals surface area contributed by atoms with Crippen LogP contribution in [0.15, 0.2) is 0 Å². The molecule has 8 heteroatoms. The van der Waals surface area contributed by atoms with Crippen LogP contribution in [0, 0.1) is 0 Å². The highest BCUT2D eigenvalue weighted by atomic mass is 16.5. The highest BCUT2D eigenvalue weighted by Gasteiger charge is 2.42. The molecule has 0 spiro atoms. The number of carbonyl (C=O) groups excluding carboxylic acids is 2. The van der Waals surface area contributed by atoms with Crippen LogP contribution in [0.4, 0.5) is 9.59 Å². The van der Waals surface area contributed by atoms with E-state index in [1.54, 1.807) is 4.90 Å². The molecule has 1 heterocycles. The van der Waals surface area contributed by atoms with Gasteiger partial charge in [-0.15, -0.1) is 0 Å². The normalized spacial score (nSPS) is 23.1. The third kappa shape index (κ3) is 3.77. The molecule has 8 nitrogen and oxygen atoms in total. The molecule has 0 radical (unpaired) electrons. The highest BCUT2D eigenvalue weighted by molar-refractivity contribution is 5.77. The molecule has 1 saturated heterocycles. The zero-order chi connectivity index (χ0) is 15.5. The van der Waals surface area contributed by atoms with Crippen molar-refractivity contribution in [1.29, 1.82) is 0 Å². The van der Waals surface area contributed by atoms with Crippen LogP contribution in [0.2, 0.25) is 0 Å². The Hall–Kier alpha value is -1.99. The number of alkyl carbamates (subject to hydrolysis) is 1. The zero-order valence-electron chi connectivity index (χ0n) is 12.1. The van der Waals surface area contributed by atoms with E-state index >= 15 is 0 Å². The number of aliphatic carboxylic acids is 1. The third-order valence-corrected chi connectivity index (χ3v) is 4.16. The molecule has 2 fully saturated rings. The Morgan fingerprint density at radius 1 is 1.38 bits per heavy atom. The van der Waals surface area contributed by atoms with Crippen molar-refractivity contribution in [2.75, 3.05) is 20.2 Å². The van der Waals surface area contributed by atoms with Crippen LogP contribution in [-0.4, -0.2) is 59.9 Å². The molecular formula is C13H21N3O5. The van der Waals surface area contributed by atoms with Gasteiger partial charge in [-0.3, -0.25) is 4.79 Å². The second kappa shape index (κ2) is 6.19. The van der Waals surface area contributed by atoms with Gasteiger partial charge in [-0.1, -0.05) is 0 Å². The van der Waals surface area contributed by atoms with Gasteiger partial charge in [-0.2, -0.15) is 0 Å². The standard InChI is InChI=1S/C13H21N3O5/c1-21-12(20)14-9-3-6-16(8-9)11(19)15-13(4-2-5-13)7-10(17)18/h9H,2-8H2,1H3,(H,14,20)(H,15,19)(H,17,18). The van der Waals surface area contributed by atoms with Crippen molar-refractivity contribution in [1.82, 2.24) is 15.5 Å². The second-order valence-corrected chi connectivity index (χ2v) is 5.70. The molecular weight excluding hydrogens is 278 g/mol. The molecule has 1 unspecified atom stereocenters. The van der Waals surface area contributed by atoms with E-state index in [4.69, 9.17) is 5.11 Å². The van der Waals surface area contributed by atoms with Crippen LogP contribution in [0.3, 0.4) is 0 Å². The molecule has 3 N–H and O–H groups in total. The second-order valence-electron chi connectivity index (χ2n) is 5.70. The van der Waals surface area contributed by atoms with Gasteiger partial charge in [0.25, 0.3) is 0 Å². The summed E-state index contributed by atoms with van der Waals surface area (Å²) in [5, 5.41) is 14.4. The predicted molar refractivity (Wildman–Crippen MR) is 72.9 cm³/mol. The Morgan fingerprint density at radius 3 is 2.62 bits per heavy atom. The maximum Gasteiger partial charge on any atom is 0.407 e. The van der Waals surface area contributed by atoms with Gasteiger partial charge in [0.2, 0.25) is 0 Å². The van der Waals surface area contributed by atoms with Crippen LogP contribution >= 0.6 is 0 Å². The average molecular weight is 299 g/mol. The third-order valence-electron chi connectivity index (χ3n) is 4.16. The summed E-state index contributed by atoms with van der Waals surface area (Å²) in [6.07, 6.45) is 2.43. The molecule has 0 aromatic rings. The van der Waals surface area contributed by atoms with Gasteiger partial charge in [0, 0.05) is 13.1 Å². The predicted octanol–water partition coefficient (Wildman–Crippen LogP) is 0.524. The summed E-state index contributed by atoms with van der Waals surface area (Å²) in [7, 11) is 1.29. The Labute approximate surface area is 122 Å². The summed E-state index contributed by atoms with van der Waals surface area (Å²) in [6, 6.07) is -0.384. The Morgan fingerprint density at radius 2 is 2.10 bits per heavy atom. The number of hydrogen-bond acceptors (Lipinski definition) is 4. The van der Waals surface area contributed by atoms with Crippen molar-refractivity contribution in [2.24, 2.45) is 0 Å². The molecule has 1 aliphatic carbocycles. The van der Waals surface area contributed by atoms with Crippen molar-refractivity contribution >= 4 is 18.1 Å². The first-order chi connectivity index (χ1) is 9.94. The lowest BCUT2D eigenvalue weighted by Crippen LogP contribution is -2.58. The summed E-state index contributed by atoms with van der Waals surface area (Å²) in [4.78, 5) is 35.8. The fourth-order valence-corrected chi connectivity index (χ4v) is 2.83. The lowest BCUT2D eigenvalue weighted by molar-refractivity contribution is -0.139. The highest BCUT2D eigenvalue weighted by Crippen LogP contribution is 2.35. The van der Waals surface area contributed by atoms with Gasteiger partial charge in [0.05, 0.1) is 25.1 Å². The number of methoxy groups -OCH3 is 1. The summed E-state index contributed by atoms with van der Waals surface area (Å²) in [5.74, 6) is -0.901. The van der Waals surface area contributed by atoms with E-state index in [1.807, 2.05) is 0 Å². The molecule has 2 aliphatic rings. The minimum atomic E-state index is -0.901. The molecule has 1 atom stereocenters. The van der Waals surface area contributed by atoms with Crippen LogP contribution in [0.5, 0.6) is 0 Å². The van der Waals surface area contributed by atoms with Gasteiger partial charge in [-0.05, 0) is 25.7 Å². The Kier molecular flexibility index (Phi) is 4.54. The molecule has 1 aliphatic heterocycles. The quantitative estimate of drug-likeness (QED) is 0.701. The van der Waals surface area contributed by atoms with Crippen LogP contribution in [0.25, 0.3) is 0 Å².